The first-order valence-corrected chi connectivity index (χ1v) is 9.60. The van der Waals surface area contributed by atoms with Crippen LogP contribution in [0.3, 0.4) is 0 Å². The average Bonchev–Trinajstić information content (AvgIpc) is 3.42. The molecule has 4 N–H and O–H groups in total. The molecule has 1 amide bonds. The van der Waals surface area contributed by atoms with E-state index >= 15 is 0 Å². The van der Waals surface area contributed by atoms with Crippen molar-refractivity contribution in [3.05, 3.63) is 46.7 Å². The lowest BCUT2D eigenvalue weighted by atomic mass is 10.1. The summed E-state index contributed by atoms with van der Waals surface area (Å²) in [6, 6.07) is 5.39. The van der Waals surface area contributed by atoms with Gasteiger partial charge in [0.05, 0.1) is 37.7 Å². The van der Waals surface area contributed by atoms with Gasteiger partial charge >= 0.3 is 0 Å². The molecule has 2 unspecified atom stereocenters. The summed E-state index contributed by atoms with van der Waals surface area (Å²) in [5, 5.41) is 6.65. The van der Waals surface area contributed by atoms with E-state index < -0.39 is 0 Å². The number of halogens is 1. The van der Waals surface area contributed by atoms with Gasteiger partial charge in [0.25, 0.3) is 5.91 Å². The molecule has 4 rings (SSSR count). The van der Waals surface area contributed by atoms with E-state index in [-0.39, 0.29) is 24.6 Å². The molecule has 1 aliphatic carbocycles. The second-order valence-corrected chi connectivity index (χ2v) is 7.44. The number of hydrogen-bond acceptors (Lipinski definition) is 7. The van der Waals surface area contributed by atoms with Crippen LogP contribution in [0.15, 0.2) is 30.6 Å². The molecule has 0 spiro atoms. The van der Waals surface area contributed by atoms with Crippen molar-refractivity contribution >= 4 is 23.5 Å². The number of ether oxygens (including phenoxy) is 2. The summed E-state index contributed by atoms with van der Waals surface area (Å²) in [4.78, 5) is 20.7. The van der Waals surface area contributed by atoms with Crippen LogP contribution in [0, 0.1) is 0 Å². The summed E-state index contributed by atoms with van der Waals surface area (Å²) in [7, 11) is 0. The van der Waals surface area contributed by atoms with Gasteiger partial charge in [-0.05, 0) is 31.0 Å². The number of benzene rings is 1. The van der Waals surface area contributed by atoms with Crippen LogP contribution >= 0.6 is 11.6 Å². The van der Waals surface area contributed by atoms with E-state index in [0.29, 0.717) is 41.5 Å². The van der Waals surface area contributed by atoms with Crippen molar-refractivity contribution in [2.75, 3.05) is 18.5 Å². The number of carbonyl (C=O) groups excluding carboxylic acids is 1. The van der Waals surface area contributed by atoms with Crippen molar-refractivity contribution in [3.8, 4) is 5.75 Å². The third-order valence-corrected chi connectivity index (χ3v) is 5.05. The van der Waals surface area contributed by atoms with E-state index in [1.54, 1.807) is 30.6 Å². The molecule has 1 aromatic carbocycles. The maximum Gasteiger partial charge on any atom is 0.251 e. The summed E-state index contributed by atoms with van der Waals surface area (Å²) >= 11 is 6.24. The predicted molar refractivity (Wildman–Crippen MR) is 105 cm³/mol. The molecule has 8 nitrogen and oxygen atoms in total. The highest BCUT2D eigenvalue weighted by molar-refractivity contribution is 6.31. The second-order valence-electron chi connectivity index (χ2n) is 7.04. The highest BCUT2D eigenvalue weighted by Gasteiger charge is 2.25. The molecule has 2 fully saturated rings. The first-order valence-electron chi connectivity index (χ1n) is 9.22. The molecule has 2 aromatic rings. The largest absolute Gasteiger partial charge is 0.486 e. The van der Waals surface area contributed by atoms with Gasteiger partial charge in [-0.1, -0.05) is 11.6 Å². The standard InChI is InChI=1S/C19H22ClN5O3/c20-15-4-1-11(18(26)24-13-2-3-13)5-12(15)8-28-14-6-22-19(23-7-14)25-17-10-27-9-16(17)21/h1,4-7,13,16-17H,2-3,8-10,21H2,(H,24,26)(H,22,23,25). The molecule has 0 radical (unpaired) electrons. The quantitative estimate of drug-likeness (QED) is 0.645. The molecular formula is C19H22ClN5O3. The Bertz CT molecular complexity index is 844. The van der Waals surface area contributed by atoms with Crippen LogP contribution in [0.2, 0.25) is 5.02 Å². The molecule has 1 saturated carbocycles. The Morgan fingerprint density at radius 3 is 2.75 bits per heavy atom. The van der Waals surface area contributed by atoms with Crippen molar-refractivity contribution in [3.63, 3.8) is 0 Å². The number of amides is 1. The molecule has 28 heavy (non-hydrogen) atoms. The van der Waals surface area contributed by atoms with Gasteiger partial charge in [0.15, 0.2) is 5.75 Å². The molecule has 1 saturated heterocycles. The highest BCUT2D eigenvalue weighted by atomic mass is 35.5. The van der Waals surface area contributed by atoms with Crippen molar-refractivity contribution < 1.29 is 14.3 Å². The first-order chi connectivity index (χ1) is 13.6. The number of nitrogens with two attached hydrogens (primary N) is 1. The number of carbonyl (C=O) groups is 1. The third kappa shape index (κ3) is 4.70. The zero-order valence-corrected chi connectivity index (χ0v) is 16.0. The van der Waals surface area contributed by atoms with Crippen molar-refractivity contribution in [1.29, 1.82) is 0 Å². The van der Waals surface area contributed by atoms with Gasteiger partial charge in [-0.15, -0.1) is 0 Å². The summed E-state index contributed by atoms with van der Waals surface area (Å²) in [6.07, 6.45) is 5.24. The predicted octanol–water partition coefficient (Wildman–Crippen LogP) is 1.74. The first kappa shape index (κ1) is 18.9. The van der Waals surface area contributed by atoms with Gasteiger partial charge < -0.3 is 25.8 Å². The lowest BCUT2D eigenvalue weighted by molar-refractivity contribution is 0.0951. The van der Waals surface area contributed by atoms with Crippen molar-refractivity contribution in [2.24, 2.45) is 5.73 Å². The van der Waals surface area contributed by atoms with Crippen LogP contribution in [0.5, 0.6) is 5.75 Å². The van der Waals surface area contributed by atoms with E-state index in [1.807, 2.05) is 0 Å². The normalized spacial score (nSPS) is 21.4. The van der Waals surface area contributed by atoms with Gasteiger partial charge in [-0.2, -0.15) is 0 Å². The van der Waals surface area contributed by atoms with Crippen molar-refractivity contribution in [1.82, 2.24) is 15.3 Å². The van der Waals surface area contributed by atoms with Crippen LogP contribution in [0.25, 0.3) is 0 Å². The lowest BCUT2D eigenvalue weighted by Gasteiger charge is -2.15. The summed E-state index contributed by atoms with van der Waals surface area (Å²) < 4.78 is 11.0. The van der Waals surface area contributed by atoms with Gasteiger partial charge in [0.2, 0.25) is 5.95 Å². The highest BCUT2D eigenvalue weighted by Crippen LogP contribution is 2.22. The maximum atomic E-state index is 12.2. The molecule has 0 bridgehead atoms. The Balaban J connectivity index is 1.35. The van der Waals surface area contributed by atoms with Crippen LogP contribution in [0.4, 0.5) is 5.95 Å². The third-order valence-electron chi connectivity index (χ3n) is 4.68. The van der Waals surface area contributed by atoms with Crippen LogP contribution in [0.1, 0.15) is 28.8 Å². The SMILES string of the molecule is NC1COCC1Nc1ncc(OCc2cc(C(=O)NC3CC3)ccc2Cl)cn1. The molecule has 2 aliphatic rings. The Kier molecular flexibility index (Phi) is 5.61. The number of nitrogens with zero attached hydrogens (tertiary/aromatic N) is 2. The Morgan fingerprint density at radius 2 is 2.07 bits per heavy atom. The van der Waals surface area contributed by atoms with Crippen molar-refractivity contribution in [2.45, 2.75) is 37.6 Å². The van der Waals surface area contributed by atoms with Gasteiger partial charge in [-0.25, -0.2) is 9.97 Å². The minimum Gasteiger partial charge on any atom is -0.486 e. The molecule has 1 aliphatic heterocycles. The monoisotopic (exact) mass is 403 g/mol. The molecule has 1 aromatic heterocycles. The Hall–Kier alpha value is -2.42. The topological polar surface area (TPSA) is 111 Å². The number of rotatable bonds is 7. The van der Waals surface area contributed by atoms with E-state index in [4.69, 9.17) is 26.8 Å². The Labute approximate surface area is 167 Å². The zero-order valence-electron chi connectivity index (χ0n) is 15.2. The van der Waals surface area contributed by atoms with Crippen LogP contribution < -0.4 is 21.1 Å². The fourth-order valence-corrected chi connectivity index (χ4v) is 3.01. The van der Waals surface area contributed by atoms with Crippen LogP contribution in [-0.4, -0.2) is 47.2 Å². The van der Waals surface area contributed by atoms with E-state index in [2.05, 4.69) is 20.6 Å². The molecule has 2 heterocycles. The molecular weight excluding hydrogens is 382 g/mol. The lowest BCUT2D eigenvalue weighted by Crippen LogP contribution is -2.39. The maximum absolute atomic E-state index is 12.2. The molecule has 9 heteroatoms. The fraction of sp³-hybridized carbons (Fsp3) is 0.421. The number of nitrogens with one attached hydrogen (secondary N) is 2. The van der Waals surface area contributed by atoms with E-state index in [9.17, 15) is 4.79 Å². The number of anilines is 1. The second kappa shape index (κ2) is 8.30. The number of aromatic nitrogens is 2. The fourth-order valence-electron chi connectivity index (χ4n) is 2.83. The smallest absolute Gasteiger partial charge is 0.251 e. The Morgan fingerprint density at radius 1 is 1.29 bits per heavy atom. The minimum absolute atomic E-state index is 0.00454. The van der Waals surface area contributed by atoms with Gasteiger partial charge in [0, 0.05) is 22.2 Å². The summed E-state index contributed by atoms with van der Waals surface area (Å²) in [6.45, 7) is 1.27. The summed E-state index contributed by atoms with van der Waals surface area (Å²) in [5.74, 6) is 0.879. The van der Waals surface area contributed by atoms with Crippen LogP contribution in [-0.2, 0) is 11.3 Å². The van der Waals surface area contributed by atoms with E-state index in [1.165, 1.54) is 0 Å². The van der Waals surface area contributed by atoms with Gasteiger partial charge in [0.1, 0.15) is 6.61 Å². The average molecular weight is 404 g/mol. The number of hydrogen-bond donors (Lipinski definition) is 3. The summed E-state index contributed by atoms with van der Waals surface area (Å²) in [5.41, 5.74) is 7.23. The van der Waals surface area contributed by atoms with E-state index in [0.717, 1.165) is 18.4 Å². The zero-order chi connectivity index (χ0) is 19.5. The molecule has 2 atom stereocenters. The molecule has 148 valence electrons. The minimum atomic E-state index is -0.0896. The van der Waals surface area contributed by atoms with Gasteiger partial charge in [-0.3, -0.25) is 4.79 Å².